The summed E-state index contributed by atoms with van der Waals surface area (Å²) in [5.74, 6) is 0.775. The summed E-state index contributed by atoms with van der Waals surface area (Å²) in [7, 11) is 0. The van der Waals surface area contributed by atoms with Crippen molar-refractivity contribution in [1.82, 2.24) is 0 Å². The molecule has 0 aliphatic carbocycles. The number of hydrogen-bond acceptors (Lipinski definition) is 1. The highest BCUT2D eigenvalue weighted by molar-refractivity contribution is 6.31. The van der Waals surface area contributed by atoms with E-state index in [2.05, 4.69) is 0 Å². The van der Waals surface area contributed by atoms with Crippen molar-refractivity contribution in [3.63, 3.8) is 0 Å². The molecule has 1 unspecified atom stereocenters. The van der Waals surface area contributed by atoms with E-state index in [4.69, 9.17) is 27.6 Å². The van der Waals surface area contributed by atoms with Gasteiger partial charge in [-0.25, -0.2) is 0 Å². The van der Waals surface area contributed by atoms with Crippen LogP contribution in [0, 0.1) is 0 Å². The Bertz CT molecular complexity index is 423. The molecule has 0 saturated carbocycles. The maximum Gasteiger partial charge on any atom is 0.121 e. The third-order valence-electron chi connectivity index (χ3n) is 2.21. The Morgan fingerprint density at radius 3 is 2.60 bits per heavy atom. The van der Waals surface area contributed by atoms with Crippen LogP contribution in [0.25, 0.3) is 0 Å². The van der Waals surface area contributed by atoms with E-state index >= 15 is 0 Å². The molecule has 0 fully saturated rings. The predicted molar refractivity (Wildman–Crippen MR) is 62.5 cm³/mol. The molecule has 1 aromatic carbocycles. The van der Waals surface area contributed by atoms with Gasteiger partial charge in [-0.05, 0) is 30.2 Å². The Morgan fingerprint density at radius 2 is 1.93 bits per heavy atom. The van der Waals surface area contributed by atoms with Crippen LogP contribution < -0.4 is 0 Å². The van der Waals surface area contributed by atoms with E-state index in [9.17, 15) is 0 Å². The van der Waals surface area contributed by atoms with Gasteiger partial charge in [0.15, 0.2) is 0 Å². The van der Waals surface area contributed by atoms with Crippen LogP contribution in [0.5, 0.6) is 0 Å². The van der Waals surface area contributed by atoms with Crippen molar-refractivity contribution in [2.45, 2.75) is 11.8 Å². The molecule has 0 aliphatic heterocycles. The van der Waals surface area contributed by atoms with E-state index < -0.39 is 0 Å². The molecular weight excluding hydrogens is 231 g/mol. The van der Waals surface area contributed by atoms with E-state index in [1.165, 1.54) is 0 Å². The van der Waals surface area contributed by atoms with Gasteiger partial charge >= 0.3 is 0 Å². The third-order valence-corrected chi connectivity index (χ3v) is 2.95. The molecular formula is C12H10Cl2O. The van der Waals surface area contributed by atoms with Gasteiger partial charge in [-0.1, -0.05) is 29.8 Å². The molecule has 0 radical (unpaired) electrons. The third kappa shape index (κ3) is 2.55. The average Bonchev–Trinajstić information content (AvgIpc) is 2.74. The second kappa shape index (κ2) is 4.73. The lowest BCUT2D eigenvalue weighted by molar-refractivity contribution is 0.502. The summed E-state index contributed by atoms with van der Waals surface area (Å²) >= 11 is 12.2. The molecule has 0 amide bonds. The molecule has 1 aromatic heterocycles. The number of alkyl halides is 1. The van der Waals surface area contributed by atoms with Crippen molar-refractivity contribution >= 4 is 23.2 Å². The van der Waals surface area contributed by atoms with Crippen LogP contribution in [0.4, 0.5) is 0 Å². The van der Waals surface area contributed by atoms with Crippen LogP contribution in [-0.2, 0) is 6.42 Å². The Balaban J connectivity index is 2.13. The number of halogens is 2. The number of rotatable bonds is 3. The summed E-state index contributed by atoms with van der Waals surface area (Å²) in [6, 6.07) is 11.4. The molecule has 0 bridgehead atoms. The van der Waals surface area contributed by atoms with Gasteiger partial charge in [0.1, 0.15) is 5.76 Å². The summed E-state index contributed by atoms with van der Waals surface area (Å²) in [5, 5.41) is 0.578. The predicted octanol–water partition coefficient (Wildman–Crippen LogP) is 4.46. The standard InChI is InChI=1S/C12H10Cl2O/c13-10-5-2-1-4-9(10)8-11(14)12-6-3-7-15-12/h1-7,11H,8H2. The Labute approximate surface area is 98.6 Å². The van der Waals surface area contributed by atoms with E-state index in [1.54, 1.807) is 6.26 Å². The molecule has 0 spiro atoms. The Kier molecular flexibility index (Phi) is 3.34. The van der Waals surface area contributed by atoms with Crippen LogP contribution in [0.15, 0.2) is 47.1 Å². The van der Waals surface area contributed by atoms with Crippen LogP contribution >= 0.6 is 23.2 Å². The monoisotopic (exact) mass is 240 g/mol. The van der Waals surface area contributed by atoms with Gasteiger partial charge in [-0.3, -0.25) is 0 Å². The average molecular weight is 241 g/mol. The number of benzene rings is 1. The van der Waals surface area contributed by atoms with Crippen molar-refractivity contribution < 1.29 is 4.42 Å². The summed E-state index contributed by atoms with van der Waals surface area (Å²) in [6.07, 6.45) is 2.30. The van der Waals surface area contributed by atoms with Gasteiger partial charge in [0.2, 0.25) is 0 Å². The first-order valence-corrected chi connectivity index (χ1v) is 5.49. The zero-order valence-corrected chi connectivity index (χ0v) is 9.50. The van der Waals surface area contributed by atoms with E-state index in [-0.39, 0.29) is 5.38 Å². The maximum absolute atomic E-state index is 6.20. The van der Waals surface area contributed by atoms with Crippen molar-refractivity contribution in [2.75, 3.05) is 0 Å². The van der Waals surface area contributed by atoms with Crippen molar-refractivity contribution in [1.29, 1.82) is 0 Å². The molecule has 78 valence electrons. The minimum absolute atomic E-state index is 0.167. The lowest BCUT2D eigenvalue weighted by Crippen LogP contribution is -1.94. The number of furan rings is 1. The van der Waals surface area contributed by atoms with Crippen LogP contribution in [0.1, 0.15) is 16.7 Å². The molecule has 0 N–H and O–H groups in total. The molecule has 3 heteroatoms. The minimum atomic E-state index is -0.167. The second-order valence-electron chi connectivity index (χ2n) is 3.28. The van der Waals surface area contributed by atoms with E-state index in [0.717, 1.165) is 16.3 Å². The summed E-state index contributed by atoms with van der Waals surface area (Å²) < 4.78 is 5.23. The topological polar surface area (TPSA) is 13.1 Å². The first-order chi connectivity index (χ1) is 7.27. The lowest BCUT2D eigenvalue weighted by Gasteiger charge is -2.07. The zero-order chi connectivity index (χ0) is 10.7. The van der Waals surface area contributed by atoms with Crippen molar-refractivity contribution in [3.8, 4) is 0 Å². The first kappa shape index (κ1) is 10.6. The molecule has 2 rings (SSSR count). The molecule has 0 saturated heterocycles. The molecule has 1 atom stereocenters. The van der Waals surface area contributed by atoms with Gasteiger partial charge in [-0.2, -0.15) is 0 Å². The smallest absolute Gasteiger partial charge is 0.121 e. The minimum Gasteiger partial charge on any atom is -0.468 e. The fourth-order valence-electron chi connectivity index (χ4n) is 1.43. The Hall–Kier alpha value is -0.920. The van der Waals surface area contributed by atoms with Gasteiger partial charge in [0, 0.05) is 5.02 Å². The lowest BCUT2D eigenvalue weighted by atomic mass is 10.1. The molecule has 1 heterocycles. The number of hydrogen-bond donors (Lipinski definition) is 0. The molecule has 1 nitrogen and oxygen atoms in total. The van der Waals surface area contributed by atoms with Gasteiger partial charge in [0.25, 0.3) is 0 Å². The largest absolute Gasteiger partial charge is 0.468 e. The SMILES string of the molecule is Clc1ccccc1CC(Cl)c1ccco1. The fraction of sp³-hybridized carbons (Fsp3) is 0.167. The highest BCUT2D eigenvalue weighted by Gasteiger charge is 2.12. The summed E-state index contributed by atoms with van der Waals surface area (Å²) in [5.41, 5.74) is 1.04. The zero-order valence-electron chi connectivity index (χ0n) is 7.99. The normalized spacial score (nSPS) is 12.7. The van der Waals surface area contributed by atoms with Gasteiger partial charge in [0.05, 0.1) is 11.6 Å². The maximum atomic E-state index is 6.20. The molecule has 0 aliphatic rings. The summed E-state index contributed by atoms with van der Waals surface area (Å²) in [6.45, 7) is 0. The summed E-state index contributed by atoms with van der Waals surface area (Å²) in [4.78, 5) is 0. The van der Waals surface area contributed by atoms with Gasteiger partial charge < -0.3 is 4.42 Å². The second-order valence-corrected chi connectivity index (χ2v) is 4.21. The molecule has 15 heavy (non-hydrogen) atoms. The van der Waals surface area contributed by atoms with E-state index in [0.29, 0.717) is 6.42 Å². The fourth-order valence-corrected chi connectivity index (χ4v) is 1.93. The highest BCUT2D eigenvalue weighted by Crippen LogP contribution is 2.28. The van der Waals surface area contributed by atoms with Gasteiger partial charge in [-0.15, -0.1) is 11.6 Å². The van der Waals surface area contributed by atoms with E-state index in [1.807, 2.05) is 36.4 Å². The van der Waals surface area contributed by atoms with Crippen LogP contribution in [0.2, 0.25) is 5.02 Å². The highest BCUT2D eigenvalue weighted by atomic mass is 35.5. The molecule has 2 aromatic rings. The first-order valence-electron chi connectivity index (χ1n) is 4.68. The van der Waals surface area contributed by atoms with Crippen LogP contribution in [-0.4, -0.2) is 0 Å². The Morgan fingerprint density at radius 1 is 1.13 bits per heavy atom. The quantitative estimate of drug-likeness (QED) is 0.723. The van der Waals surface area contributed by atoms with Crippen molar-refractivity contribution in [3.05, 3.63) is 59.0 Å². The van der Waals surface area contributed by atoms with Crippen LogP contribution in [0.3, 0.4) is 0 Å². The van der Waals surface area contributed by atoms with Crippen molar-refractivity contribution in [2.24, 2.45) is 0 Å².